The third-order valence-electron chi connectivity index (χ3n) is 3.01. The number of hydrogen-bond donors (Lipinski definition) is 1. The Hall–Kier alpha value is -0.390. The summed E-state index contributed by atoms with van der Waals surface area (Å²) in [5, 5.41) is 4.15. The molecule has 5 heteroatoms. The van der Waals surface area contributed by atoms with Crippen LogP contribution in [0, 0.1) is 0 Å². The zero-order chi connectivity index (χ0) is 13.2. The first-order valence-electron chi connectivity index (χ1n) is 7.00. The minimum Gasteiger partial charge on any atom is -0.382 e. The first kappa shape index (κ1) is 15.7. The summed E-state index contributed by atoms with van der Waals surface area (Å²) in [7, 11) is 0. The third-order valence-corrected chi connectivity index (χ3v) is 3.42. The normalized spacial score (nSPS) is 19.9. The SMILES string of the molecule is CCOCCCNC(=S)N1CCCC(OCC)C1. The van der Waals surface area contributed by atoms with Crippen LogP contribution < -0.4 is 5.32 Å². The van der Waals surface area contributed by atoms with Gasteiger partial charge in [-0.1, -0.05) is 0 Å². The van der Waals surface area contributed by atoms with Crippen molar-refractivity contribution in [3.8, 4) is 0 Å². The number of thiocarbonyl (C=S) groups is 1. The standard InChI is InChI=1S/C13H26N2O2S/c1-3-16-10-6-8-14-13(18)15-9-5-7-12(11-15)17-4-2/h12H,3-11H2,1-2H3,(H,14,18). The fourth-order valence-electron chi connectivity index (χ4n) is 2.12. The van der Waals surface area contributed by atoms with Gasteiger partial charge in [0.25, 0.3) is 0 Å². The van der Waals surface area contributed by atoms with Gasteiger partial charge in [0, 0.05) is 39.5 Å². The molecular weight excluding hydrogens is 248 g/mol. The molecule has 106 valence electrons. The predicted octanol–water partition coefficient (Wildman–Crippen LogP) is 1.79. The molecule has 1 heterocycles. The van der Waals surface area contributed by atoms with Crippen molar-refractivity contribution in [1.29, 1.82) is 0 Å². The Morgan fingerprint density at radius 2 is 2.22 bits per heavy atom. The quantitative estimate of drug-likeness (QED) is 0.565. The molecule has 1 N–H and O–H groups in total. The van der Waals surface area contributed by atoms with E-state index in [0.717, 1.165) is 63.8 Å². The Labute approximate surface area is 116 Å². The van der Waals surface area contributed by atoms with Crippen LogP contribution in [-0.4, -0.2) is 55.6 Å². The molecule has 0 aromatic carbocycles. The van der Waals surface area contributed by atoms with Crippen molar-refractivity contribution in [2.24, 2.45) is 0 Å². The lowest BCUT2D eigenvalue weighted by Crippen LogP contribution is -2.47. The molecule has 1 fully saturated rings. The van der Waals surface area contributed by atoms with Gasteiger partial charge in [0.15, 0.2) is 5.11 Å². The Balaban J connectivity index is 2.16. The summed E-state index contributed by atoms with van der Waals surface area (Å²) in [5.41, 5.74) is 0. The van der Waals surface area contributed by atoms with Gasteiger partial charge in [0.05, 0.1) is 6.10 Å². The van der Waals surface area contributed by atoms with Crippen LogP contribution in [0.3, 0.4) is 0 Å². The van der Waals surface area contributed by atoms with Crippen LogP contribution in [-0.2, 0) is 9.47 Å². The van der Waals surface area contributed by atoms with E-state index in [9.17, 15) is 0 Å². The largest absolute Gasteiger partial charge is 0.382 e. The number of rotatable bonds is 7. The van der Waals surface area contributed by atoms with Crippen molar-refractivity contribution in [2.45, 2.75) is 39.2 Å². The summed E-state index contributed by atoms with van der Waals surface area (Å²) >= 11 is 5.41. The summed E-state index contributed by atoms with van der Waals surface area (Å²) < 4.78 is 11.0. The van der Waals surface area contributed by atoms with Crippen LogP contribution in [0.4, 0.5) is 0 Å². The lowest BCUT2D eigenvalue weighted by atomic mass is 10.1. The minimum atomic E-state index is 0.340. The maximum Gasteiger partial charge on any atom is 0.169 e. The van der Waals surface area contributed by atoms with Gasteiger partial charge in [-0.3, -0.25) is 0 Å². The molecule has 0 aromatic rings. The van der Waals surface area contributed by atoms with E-state index in [-0.39, 0.29) is 0 Å². The second-order valence-corrected chi connectivity index (χ2v) is 4.83. The average molecular weight is 274 g/mol. The van der Waals surface area contributed by atoms with E-state index in [0.29, 0.717) is 6.10 Å². The average Bonchev–Trinajstić information content (AvgIpc) is 2.39. The molecule has 1 unspecified atom stereocenters. The van der Waals surface area contributed by atoms with Crippen molar-refractivity contribution in [3.05, 3.63) is 0 Å². The molecule has 4 nitrogen and oxygen atoms in total. The van der Waals surface area contributed by atoms with Crippen molar-refractivity contribution in [3.63, 3.8) is 0 Å². The number of nitrogens with one attached hydrogen (secondary N) is 1. The van der Waals surface area contributed by atoms with E-state index in [4.69, 9.17) is 21.7 Å². The Bertz CT molecular complexity index is 237. The van der Waals surface area contributed by atoms with E-state index in [1.165, 1.54) is 0 Å². The van der Waals surface area contributed by atoms with Crippen LogP contribution >= 0.6 is 12.2 Å². The Kier molecular flexibility index (Phi) is 8.29. The van der Waals surface area contributed by atoms with Gasteiger partial charge >= 0.3 is 0 Å². The summed E-state index contributed by atoms with van der Waals surface area (Å²) in [6.07, 6.45) is 3.64. The molecule has 1 rings (SSSR count). The van der Waals surface area contributed by atoms with Gasteiger partial charge in [-0.05, 0) is 45.3 Å². The molecule has 1 saturated heterocycles. The third kappa shape index (κ3) is 5.98. The summed E-state index contributed by atoms with van der Waals surface area (Å²) in [6, 6.07) is 0. The number of nitrogens with zero attached hydrogens (tertiary/aromatic N) is 1. The molecule has 0 spiro atoms. The molecule has 1 aliphatic heterocycles. The highest BCUT2D eigenvalue weighted by molar-refractivity contribution is 7.80. The molecule has 0 radical (unpaired) electrons. The minimum absolute atomic E-state index is 0.340. The molecule has 0 aliphatic carbocycles. The maximum absolute atomic E-state index is 5.67. The highest BCUT2D eigenvalue weighted by Crippen LogP contribution is 2.13. The molecule has 18 heavy (non-hydrogen) atoms. The van der Waals surface area contributed by atoms with E-state index in [1.54, 1.807) is 0 Å². The molecule has 0 amide bonds. The van der Waals surface area contributed by atoms with E-state index in [1.807, 2.05) is 13.8 Å². The lowest BCUT2D eigenvalue weighted by molar-refractivity contribution is 0.0234. The zero-order valence-corrected chi connectivity index (χ0v) is 12.4. The van der Waals surface area contributed by atoms with E-state index >= 15 is 0 Å². The monoisotopic (exact) mass is 274 g/mol. The van der Waals surface area contributed by atoms with Crippen molar-refractivity contribution >= 4 is 17.3 Å². The molecule has 1 aliphatic rings. The van der Waals surface area contributed by atoms with Crippen LogP contribution in [0.5, 0.6) is 0 Å². The van der Waals surface area contributed by atoms with E-state index in [2.05, 4.69) is 10.2 Å². The number of ether oxygens (including phenoxy) is 2. The first-order valence-corrected chi connectivity index (χ1v) is 7.40. The van der Waals surface area contributed by atoms with Crippen LogP contribution in [0.1, 0.15) is 33.1 Å². The zero-order valence-electron chi connectivity index (χ0n) is 11.6. The summed E-state index contributed by atoms with van der Waals surface area (Å²) in [5.74, 6) is 0. The van der Waals surface area contributed by atoms with Gasteiger partial charge in [-0.2, -0.15) is 0 Å². The van der Waals surface area contributed by atoms with E-state index < -0.39 is 0 Å². The van der Waals surface area contributed by atoms with Crippen molar-refractivity contribution in [1.82, 2.24) is 10.2 Å². The van der Waals surface area contributed by atoms with Crippen molar-refractivity contribution < 1.29 is 9.47 Å². The topological polar surface area (TPSA) is 33.7 Å². The van der Waals surface area contributed by atoms with Crippen LogP contribution in [0.15, 0.2) is 0 Å². The summed E-state index contributed by atoms with van der Waals surface area (Å²) in [4.78, 5) is 2.22. The first-order chi connectivity index (χ1) is 8.77. The lowest BCUT2D eigenvalue weighted by Gasteiger charge is -2.34. The highest BCUT2D eigenvalue weighted by Gasteiger charge is 2.21. The molecule has 0 bridgehead atoms. The fourth-order valence-corrected chi connectivity index (χ4v) is 2.39. The smallest absolute Gasteiger partial charge is 0.169 e. The summed E-state index contributed by atoms with van der Waals surface area (Å²) in [6.45, 7) is 9.27. The van der Waals surface area contributed by atoms with Crippen LogP contribution in [0.25, 0.3) is 0 Å². The fraction of sp³-hybridized carbons (Fsp3) is 0.923. The van der Waals surface area contributed by atoms with Gasteiger partial charge in [-0.15, -0.1) is 0 Å². The second kappa shape index (κ2) is 9.53. The number of hydrogen-bond acceptors (Lipinski definition) is 3. The Morgan fingerprint density at radius 1 is 1.39 bits per heavy atom. The molecule has 0 saturated carbocycles. The number of likely N-dealkylation sites (tertiary alicyclic amines) is 1. The maximum atomic E-state index is 5.67. The molecule has 1 atom stereocenters. The van der Waals surface area contributed by atoms with Gasteiger partial charge < -0.3 is 19.7 Å². The Morgan fingerprint density at radius 3 is 2.94 bits per heavy atom. The van der Waals surface area contributed by atoms with Gasteiger partial charge in [0.1, 0.15) is 0 Å². The van der Waals surface area contributed by atoms with Gasteiger partial charge in [0.2, 0.25) is 0 Å². The number of piperidine rings is 1. The second-order valence-electron chi connectivity index (χ2n) is 4.45. The highest BCUT2D eigenvalue weighted by atomic mass is 32.1. The van der Waals surface area contributed by atoms with Crippen LogP contribution in [0.2, 0.25) is 0 Å². The van der Waals surface area contributed by atoms with Gasteiger partial charge in [-0.25, -0.2) is 0 Å². The predicted molar refractivity (Wildman–Crippen MR) is 77.9 cm³/mol. The molecule has 0 aromatic heterocycles. The molecular formula is C13H26N2O2S. The van der Waals surface area contributed by atoms with Crippen molar-refractivity contribution in [2.75, 3.05) is 39.5 Å².